The third-order valence-corrected chi connectivity index (χ3v) is 8.72. The van der Waals surface area contributed by atoms with Crippen LogP contribution in [0.15, 0.2) is 42.7 Å². The van der Waals surface area contributed by atoms with Crippen molar-refractivity contribution in [3.8, 4) is 11.1 Å². The van der Waals surface area contributed by atoms with Crippen molar-refractivity contribution in [3.05, 3.63) is 76.4 Å². The van der Waals surface area contributed by atoms with Crippen LogP contribution < -0.4 is 0 Å². The maximum absolute atomic E-state index is 14.3. The van der Waals surface area contributed by atoms with E-state index < -0.39 is 36.2 Å². The van der Waals surface area contributed by atoms with Crippen molar-refractivity contribution in [1.82, 2.24) is 19.4 Å². The van der Waals surface area contributed by atoms with E-state index in [1.54, 1.807) is 0 Å². The van der Waals surface area contributed by atoms with E-state index in [9.17, 15) is 27.9 Å². The number of hydrogen-bond donors (Lipinski definition) is 1. The maximum Gasteiger partial charge on any atom is 0.416 e. The Morgan fingerprint density at radius 1 is 1.10 bits per heavy atom. The number of halogens is 3. The summed E-state index contributed by atoms with van der Waals surface area (Å²) >= 11 is 0. The van der Waals surface area contributed by atoms with Crippen molar-refractivity contribution in [2.45, 2.75) is 63.8 Å². The first-order valence-corrected chi connectivity index (χ1v) is 13.8. The second kappa shape index (κ2) is 10.1. The molecule has 0 spiro atoms. The number of carbonyl (C=O) groups excluding carboxylic acids is 1. The van der Waals surface area contributed by atoms with Crippen LogP contribution >= 0.6 is 0 Å². The minimum atomic E-state index is -4.71. The number of rotatable bonds is 6. The molecule has 210 valence electrons. The van der Waals surface area contributed by atoms with Crippen LogP contribution in [0.1, 0.15) is 76.6 Å². The minimum Gasteiger partial charge on any atom is -0.479 e. The molecule has 3 aliphatic heterocycles. The van der Waals surface area contributed by atoms with E-state index in [1.165, 1.54) is 12.4 Å². The number of aromatic nitrogens is 2. The van der Waals surface area contributed by atoms with E-state index in [0.717, 1.165) is 55.4 Å². The molecule has 3 aromatic rings. The Labute approximate surface area is 230 Å². The molecular weight excluding hydrogens is 521 g/mol. The topological polar surface area (TPSA) is 78.7 Å². The van der Waals surface area contributed by atoms with Crippen LogP contribution in [0, 0.1) is 0 Å². The van der Waals surface area contributed by atoms with Gasteiger partial charge in [0.2, 0.25) is 0 Å². The fourth-order valence-corrected chi connectivity index (χ4v) is 6.52. The normalized spacial score (nSPS) is 18.7. The van der Waals surface area contributed by atoms with Crippen LogP contribution in [0.25, 0.3) is 11.1 Å². The van der Waals surface area contributed by atoms with E-state index >= 15 is 0 Å². The Kier molecular flexibility index (Phi) is 6.68. The van der Waals surface area contributed by atoms with Crippen molar-refractivity contribution in [2.24, 2.45) is 0 Å². The molecule has 1 aromatic heterocycles. The van der Waals surface area contributed by atoms with Gasteiger partial charge in [0.05, 0.1) is 17.6 Å². The van der Waals surface area contributed by atoms with Crippen molar-refractivity contribution in [1.29, 1.82) is 0 Å². The SMILES string of the molecule is CCN1CCC(c2ccc(-c3cc4c(c(C(F)(F)F)c3)CN(C(C(=O)O)c3ncn5c3CCC5)C4=O)cc2)CC1. The first kappa shape index (κ1) is 26.6. The van der Waals surface area contributed by atoms with Crippen LogP contribution in [0.2, 0.25) is 0 Å². The molecule has 3 aliphatic rings. The molecule has 0 radical (unpaired) electrons. The Hall–Kier alpha value is -3.66. The molecule has 10 heteroatoms. The Balaban J connectivity index is 1.34. The monoisotopic (exact) mass is 552 g/mol. The summed E-state index contributed by atoms with van der Waals surface area (Å²) in [5.41, 5.74) is 1.75. The summed E-state index contributed by atoms with van der Waals surface area (Å²) in [6, 6.07) is 8.65. The number of carboxylic acid groups (broad SMARTS) is 1. The Morgan fingerprint density at radius 2 is 1.82 bits per heavy atom. The van der Waals surface area contributed by atoms with Gasteiger partial charge in [-0.3, -0.25) is 4.79 Å². The number of alkyl halides is 3. The maximum atomic E-state index is 14.3. The van der Waals surface area contributed by atoms with Gasteiger partial charge in [-0.2, -0.15) is 13.2 Å². The second-order valence-corrected chi connectivity index (χ2v) is 10.9. The standard InChI is InChI=1S/C30H31F3N4O3/c1-2-35-12-9-20(10-13-35)18-5-7-19(8-6-18)21-14-22-23(24(15-21)30(31,32)33)16-37(28(22)38)27(29(39)40)26-25-4-3-11-36(25)17-34-26/h5-8,14-15,17,20,27H,2-4,9-13,16H2,1H3,(H,39,40). The number of likely N-dealkylation sites (tertiary alicyclic amines) is 1. The lowest BCUT2D eigenvalue weighted by Crippen LogP contribution is -2.35. The average Bonchev–Trinajstić information content (AvgIpc) is 3.64. The molecule has 1 unspecified atom stereocenters. The number of hydrogen-bond acceptors (Lipinski definition) is 4. The lowest BCUT2D eigenvalue weighted by atomic mass is 9.88. The lowest BCUT2D eigenvalue weighted by Gasteiger charge is -2.31. The summed E-state index contributed by atoms with van der Waals surface area (Å²) in [7, 11) is 0. The van der Waals surface area contributed by atoms with Gasteiger partial charge in [-0.05, 0) is 85.6 Å². The number of nitrogens with zero attached hydrogens (tertiary/aromatic N) is 4. The highest BCUT2D eigenvalue weighted by Crippen LogP contribution is 2.43. The number of amides is 1. The number of piperidine rings is 1. The molecule has 1 saturated heterocycles. The first-order chi connectivity index (χ1) is 19.2. The van der Waals surface area contributed by atoms with Crippen molar-refractivity contribution >= 4 is 11.9 Å². The molecule has 1 N–H and O–H groups in total. The quantitative estimate of drug-likeness (QED) is 0.437. The van der Waals surface area contributed by atoms with Gasteiger partial charge in [0.1, 0.15) is 0 Å². The molecule has 40 heavy (non-hydrogen) atoms. The third-order valence-electron chi connectivity index (χ3n) is 8.72. The zero-order valence-electron chi connectivity index (χ0n) is 22.2. The summed E-state index contributed by atoms with van der Waals surface area (Å²) in [5, 5.41) is 10.1. The van der Waals surface area contributed by atoms with Crippen molar-refractivity contribution < 1.29 is 27.9 Å². The molecular formula is C30H31F3N4O3. The number of benzene rings is 2. The fourth-order valence-electron chi connectivity index (χ4n) is 6.52. The summed E-state index contributed by atoms with van der Waals surface area (Å²) in [6.45, 7) is 5.49. The van der Waals surface area contributed by atoms with Gasteiger partial charge in [0.15, 0.2) is 6.04 Å². The average molecular weight is 553 g/mol. The summed E-state index contributed by atoms with van der Waals surface area (Å²) < 4.78 is 44.8. The van der Waals surface area contributed by atoms with Crippen LogP contribution in [-0.4, -0.2) is 56.0 Å². The van der Waals surface area contributed by atoms with Gasteiger partial charge in [-0.25, -0.2) is 9.78 Å². The molecule has 0 saturated carbocycles. The molecule has 1 fully saturated rings. The smallest absolute Gasteiger partial charge is 0.416 e. The van der Waals surface area contributed by atoms with E-state index in [2.05, 4.69) is 16.8 Å². The predicted molar refractivity (Wildman–Crippen MR) is 142 cm³/mol. The van der Waals surface area contributed by atoms with Gasteiger partial charge in [0, 0.05) is 24.3 Å². The van der Waals surface area contributed by atoms with Gasteiger partial charge in [-0.15, -0.1) is 0 Å². The van der Waals surface area contributed by atoms with Gasteiger partial charge >= 0.3 is 12.1 Å². The van der Waals surface area contributed by atoms with E-state index in [0.29, 0.717) is 30.1 Å². The molecule has 7 nitrogen and oxygen atoms in total. The third kappa shape index (κ3) is 4.58. The number of carboxylic acids is 1. The fraction of sp³-hybridized carbons (Fsp3) is 0.433. The number of fused-ring (bicyclic) bond motifs is 2. The highest BCUT2D eigenvalue weighted by atomic mass is 19.4. The first-order valence-electron chi connectivity index (χ1n) is 13.8. The zero-order valence-corrected chi connectivity index (χ0v) is 22.2. The Bertz CT molecular complexity index is 1460. The minimum absolute atomic E-state index is 0.108. The lowest BCUT2D eigenvalue weighted by molar-refractivity contribution is -0.142. The summed E-state index contributed by atoms with van der Waals surface area (Å²) in [6.07, 6.45) is 0.345. The van der Waals surface area contributed by atoms with Crippen molar-refractivity contribution in [2.75, 3.05) is 19.6 Å². The Morgan fingerprint density at radius 3 is 2.48 bits per heavy atom. The molecule has 1 amide bonds. The van der Waals surface area contributed by atoms with Crippen LogP contribution in [0.4, 0.5) is 13.2 Å². The predicted octanol–water partition coefficient (Wildman–Crippen LogP) is 5.50. The van der Waals surface area contributed by atoms with Gasteiger partial charge < -0.3 is 19.5 Å². The van der Waals surface area contributed by atoms with E-state index in [1.807, 2.05) is 28.8 Å². The van der Waals surface area contributed by atoms with Crippen LogP contribution in [-0.2, 0) is 30.5 Å². The zero-order chi connectivity index (χ0) is 28.2. The molecule has 0 bridgehead atoms. The molecule has 1 atom stereocenters. The molecule has 4 heterocycles. The molecule has 0 aliphatic carbocycles. The molecule has 6 rings (SSSR count). The second-order valence-electron chi connectivity index (χ2n) is 10.9. The number of imidazole rings is 1. The highest BCUT2D eigenvalue weighted by molar-refractivity contribution is 6.02. The van der Waals surface area contributed by atoms with Crippen molar-refractivity contribution in [3.63, 3.8) is 0 Å². The largest absolute Gasteiger partial charge is 0.479 e. The highest BCUT2D eigenvalue weighted by Gasteiger charge is 2.45. The van der Waals surface area contributed by atoms with Gasteiger partial charge in [0.25, 0.3) is 5.91 Å². The van der Waals surface area contributed by atoms with Crippen LogP contribution in [0.5, 0.6) is 0 Å². The van der Waals surface area contributed by atoms with E-state index in [-0.39, 0.29) is 22.4 Å². The summed E-state index contributed by atoms with van der Waals surface area (Å²) in [5.74, 6) is -1.63. The number of aryl methyl sites for hydroxylation is 1. The number of carbonyl (C=O) groups is 2. The molecule has 2 aromatic carbocycles. The van der Waals surface area contributed by atoms with Crippen LogP contribution in [0.3, 0.4) is 0 Å². The van der Waals surface area contributed by atoms with E-state index in [4.69, 9.17) is 0 Å². The van der Waals surface area contributed by atoms with Gasteiger partial charge in [-0.1, -0.05) is 31.2 Å². The number of aliphatic carboxylic acids is 1. The summed E-state index contributed by atoms with van der Waals surface area (Å²) in [4.78, 5) is 33.6.